The molecule has 2 heterocycles. The zero-order valence-electron chi connectivity index (χ0n) is 18.6. The summed E-state index contributed by atoms with van der Waals surface area (Å²) in [5.41, 5.74) is -1.46. The molecule has 1 saturated carbocycles. The van der Waals surface area contributed by atoms with Crippen molar-refractivity contribution in [2.24, 2.45) is 22.7 Å². The minimum absolute atomic E-state index is 0.0976. The number of aliphatic imine (C=N–C) groups is 1. The Hall–Kier alpha value is -2.96. The lowest BCUT2D eigenvalue weighted by molar-refractivity contribution is -0.173. The van der Waals surface area contributed by atoms with Gasteiger partial charge in [-0.1, -0.05) is 26.5 Å². The Balaban J connectivity index is 2.13. The van der Waals surface area contributed by atoms with Crippen LogP contribution in [0.2, 0.25) is 0 Å². The van der Waals surface area contributed by atoms with Crippen LogP contribution in [-0.4, -0.2) is 29.7 Å². The molecule has 1 unspecified atom stereocenters. The van der Waals surface area contributed by atoms with Gasteiger partial charge in [-0.2, -0.15) is 0 Å². The monoisotopic (exact) mass is 427 g/mol. The number of rotatable bonds is 5. The van der Waals surface area contributed by atoms with Gasteiger partial charge in [-0.3, -0.25) is 14.6 Å². The number of carbonyl (C=O) groups is 2. The molecule has 31 heavy (non-hydrogen) atoms. The van der Waals surface area contributed by atoms with E-state index in [1.54, 1.807) is 20.1 Å². The highest BCUT2D eigenvalue weighted by Crippen LogP contribution is 2.49. The number of esters is 1. The van der Waals surface area contributed by atoms with Gasteiger partial charge in [-0.05, 0) is 38.5 Å². The smallest absolute Gasteiger partial charge is 0.351 e. The van der Waals surface area contributed by atoms with E-state index < -0.39 is 29.2 Å². The van der Waals surface area contributed by atoms with Crippen molar-refractivity contribution < 1.29 is 23.5 Å². The first-order valence-corrected chi connectivity index (χ1v) is 10.5. The van der Waals surface area contributed by atoms with Crippen LogP contribution in [0.1, 0.15) is 63.6 Å². The maximum atomic E-state index is 13.5. The SMILES string of the molecule is C=C/C(=C\N=CC)c1cc2c(c(=O)o1)C(=O)C1C[C@H](C(C)C)C[C@H](OC(C)=O)[C@@]1(C)O2. The Morgan fingerprint density at radius 3 is 2.65 bits per heavy atom. The van der Waals surface area contributed by atoms with Crippen LogP contribution in [0.4, 0.5) is 0 Å². The summed E-state index contributed by atoms with van der Waals surface area (Å²) in [6.45, 7) is 12.8. The highest BCUT2D eigenvalue weighted by atomic mass is 16.6. The molecule has 1 fully saturated rings. The zero-order valence-corrected chi connectivity index (χ0v) is 18.6. The molecule has 166 valence electrons. The molecule has 1 aliphatic heterocycles. The number of allylic oxidation sites excluding steroid dienone is 2. The molecule has 3 rings (SSSR count). The third kappa shape index (κ3) is 4.13. The fourth-order valence-corrected chi connectivity index (χ4v) is 4.48. The summed E-state index contributed by atoms with van der Waals surface area (Å²) in [5.74, 6) is -0.609. The van der Waals surface area contributed by atoms with E-state index in [1.807, 2.05) is 0 Å². The van der Waals surface area contributed by atoms with Gasteiger partial charge in [0.1, 0.15) is 23.2 Å². The van der Waals surface area contributed by atoms with Gasteiger partial charge in [0.05, 0.1) is 5.92 Å². The lowest BCUT2D eigenvalue weighted by atomic mass is 9.64. The predicted octanol–water partition coefficient (Wildman–Crippen LogP) is 4.21. The quantitative estimate of drug-likeness (QED) is 0.397. The van der Waals surface area contributed by atoms with E-state index in [0.717, 1.165) is 0 Å². The lowest BCUT2D eigenvalue weighted by Gasteiger charge is -2.50. The molecule has 1 aliphatic carbocycles. The molecule has 0 aromatic carbocycles. The van der Waals surface area contributed by atoms with Crippen LogP contribution >= 0.6 is 0 Å². The standard InChI is InChI=1S/C24H29NO6/c1-7-15(12-25-8-2)18-11-19-21(23(28)30-18)22(27)17-9-16(13(3)4)10-20(29-14(5)26)24(17,6)31-19/h7-8,11-13,16-17,20H,1,9-10H2,2-6H3/b15-12+,25-8?/t16-,17?,20-,24-/m0/s1. The van der Waals surface area contributed by atoms with Crippen LogP contribution in [0.5, 0.6) is 5.75 Å². The molecule has 4 atom stereocenters. The molecule has 0 amide bonds. The Labute approximate surface area is 181 Å². The van der Waals surface area contributed by atoms with Crippen molar-refractivity contribution in [3.05, 3.63) is 46.7 Å². The van der Waals surface area contributed by atoms with Crippen LogP contribution in [-0.2, 0) is 9.53 Å². The second-order valence-electron chi connectivity index (χ2n) is 8.61. The van der Waals surface area contributed by atoms with Gasteiger partial charge >= 0.3 is 11.6 Å². The van der Waals surface area contributed by atoms with Crippen LogP contribution in [0.3, 0.4) is 0 Å². The first-order chi connectivity index (χ1) is 14.6. The third-order valence-corrected chi connectivity index (χ3v) is 6.31. The van der Waals surface area contributed by atoms with Gasteiger partial charge in [0.2, 0.25) is 0 Å². The molecule has 7 nitrogen and oxygen atoms in total. The van der Waals surface area contributed by atoms with Crippen LogP contribution < -0.4 is 10.4 Å². The molecule has 0 bridgehead atoms. The number of ether oxygens (including phenoxy) is 2. The topological polar surface area (TPSA) is 95.2 Å². The van der Waals surface area contributed by atoms with E-state index in [2.05, 4.69) is 25.4 Å². The van der Waals surface area contributed by atoms with Gasteiger partial charge in [0, 0.05) is 31.0 Å². The summed E-state index contributed by atoms with van der Waals surface area (Å²) >= 11 is 0. The van der Waals surface area contributed by atoms with E-state index in [9.17, 15) is 14.4 Å². The van der Waals surface area contributed by atoms with Crippen molar-refractivity contribution >= 4 is 23.5 Å². The molecule has 0 N–H and O–H groups in total. The van der Waals surface area contributed by atoms with E-state index >= 15 is 0 Å². The van der Waals surface area contributed by atoms with Crippen LogP contribution in [0.25, 0.3) is 5.57 Å². The van der Waals surface area contributed by atoms with Crippen LogP contribution in [0, 0.1) is 17.8 Å². The number of ketones is 1. The van der Waals surface area contributed by atoms with Gasteiger partial charge in [-0.15, -0.1) is 0 Å². The molecular weight excluding hydrogens is 398 g/mol. The molecule has 1 aromatic rings. The normalized spacial score (nSPS) is 28.1. The predicted molar refractivity (Wildman–Crippen MR) is 117 cm³/mol. The maximum absolute atomic E-state index is 13.5. The highest BCUT2D eigenvalue weighted by Gasteiger charge is 2.58. The Kier molecular flexibility index (Phi) is 6.34. The number of fused-ring (bicyclic) bond motifs is 2. The molecule has 0 spiro atoms. The van der Waals surface area contributed by atoms with Crippen molar-refractivity contribution in [3.63, 3.8) is 0 Å². The minimum Gasteiger partial charge on any atom is -0.482 e. The Morgan fingerprint density at radius 2 is 2.06 bits per heavy atom. The fraction of sp³-hybridized carbons (Fsp3) is 0.500. The summed E-state index contributed by atoms with van der Waals surface area (Å²) in [4.78, 5) is 42.1. The van der Waals surface area contributed by atoms with Gasteiger partial charge in [0.15, 0.2) is 11.4 Å². The Bertz CT molecular complexity index is 1020. The molecule has 2 aliphatic rings. The average Bonchev–Trinajstić information content (AvgIpc) is 2.68. The average molecular weight is 427 g/mol. The summed E-state index contributed by atoms with van der Waals surface area (Å²) in [5, 5.41) is 0. The van der Waals surface area contributed by atoms with Gasteiger partial charge < -0.3 is 13.9 Å². The van der Waals surface area contributed by atoms with Gasteiger partial charge in [0.25, 0.3) is 0 Å². The highest BCUT2D eigenvalue weighted by molar-refractivity contribution is 6.02. The molecule has 1 aromatic heterocycles. The minimum atomic E-state index is -1.08. The Morgan fingerprint density at radius 1 is 1.35 bits per heavy atom. The van der Waals surface area contributed by atoms with Gasteiger partial charge in [-0.25, -0.2) is 4.79 Å². The first kappa shape index (κ1) is 22.7. The van der Waals surface area contributed by atoms with E-state index in [-0.39, 0.29) is 34.7 Å². The second-order valence-corrected chi connectivity index (χ2v) is 8.61. The van der Waals surface area contributed by atoms with E-state index in [1.165, 1.54) is 25.3 Å². The number of carbonyl (C=O) groups excluding carboxylic acids is 2. The zero-order chi connectivity index (χ0) is 22.9. The number of hydrogen-bond donors (Lipinski definition) is 0. The summed E-state index contributed by atoms with van der Waals surface area (Å²) in [6.07, 6.45) is 5.12. The first-order valence-electron chi connectivity index (χ1n) is 10.5. The molecule has 7 heteroatoms. The van der Waals surface area contributed by atoms with E-state index in [0.29, 0.717) is 18.4 Å². The third-order valence-electron chi connectivity index (χ3n) is 6.31. The number of hydrogen-bond acceptors (Lipinski definition) is 7. The molecular formula is C24H29NO6. The fourth-order valence-electron chi connectivity index (χ4n) is 4.48. The largest absolute Gasteiger partial charge is 0.482 e. The van der Waals surface area contributed by atoms with Crippen molar-refractivity contribution in [3.8, 4) is 5.75 Å². The van der Waals surface area contributed by atoms with Crippen LogP contribution in [0.15, 0.2) is 39.1 Å². The lowest BCUT2D eigenvalue weighted by Crippen LogP contribution is -2.62. The molecule has 0 saturated heterocycles. The van der Waals surface area contributed by atoms with Crippen molar-refractivity contribution in [2.75, 3.05) is 0 Å². The van der Waals surface area contributed by atoms with Crippen molar-refractivity contribution in [2.45, 2.75) is 59.2 Å². The maximum Gasteiger partial charge on any atom is 0.351 e. The second kappa shape index (κ2) is 8.65. The van der Waals surface area contributed by atoms with E-state index in [4.69, 9.17) is 13.9 Å². The number of nitrogens with zero attached hydrogens (tertiary/aromatic N) is 1. The van der Waals surface area contributed by atoms with Crippen molar-refractivity contribution in [1.29, 1.82) is 0 Å². The van der Waals surface area contributed by atoms with Crippen molar-refractivity contribution in [1.82, 2.24) is 0 Å². The number of Topliss-reactive ketones (excluding diaryl/α,β-unsaturated/α-hetero) is 1. The molecule has 0 radical (unpaired) electrons. The summed E-state index contributed by atoms with van der Waals surface area (Å²) < 4.78 is 17.3. The summed E-state index contributed by atoms with van der Waals surface area (Å²) in [7, 11) is 0. The summed E-state index contributed by atoms with van der Waals surface area (Å²) in [6, 6.07) is 1.51.